The zero-order chi connectivity index (χ0) is 13.5. The number of carbonyl (C=O) groups excluding carboxylic acids is 1. The van der Waals surface area contributed by atoms with Gasteiger partial charge in [-0.2, -0.15) is 5.10 Å². The molecule has 1 rings (SSSR count). The Labute approximate surface area is 105 Å². The number of carbonyl (C=O) groups is 2. The molecule has 0 saturated heterocycles. The number of aryl methyl sites for hydroxylation is 1. The zero-order valence-electron chi connectivity index (χ0n) is 10.6. The first-order valence-corrected chi connectivity index (χ1v) is 5.75. The normalized spacial score (nSPS) is 10.1. The fraction of sp³-hybridized carbons (Fsp3) is 0.545. The van der Waals surface area contributed by atoms with Crippen molar-refractivity contribution in [3.05, 3.63) is 18.0 Å². The first-order valence-electron chi connectivity index (χ1n) is 5.75. The van der Waals surface area contributed by atoms with Crippen molar-refractivity contribution in [3.8, 4) is 0 Å². The Balaban J connectivity index is 2.48. The maximum Gasteiger partial charge on any atom is 0.323 e. The third-order valence-electron chi connectivity index (χ3n) is 2.31. The third kappa shape index (κ3) is 4.44. The van der Waals surface area contributed by atoms with Crippen LogP contribution in [0.1, 0.15) is 18.9 Å². The number of hydrogen-bond acceptors (Lipinski definition) is 3. The largest absolute Gasteiger partial charge is 0.480 e. The predicted octanol–water partition coefficient (Wildman–Crippen LogP) is 0.426. The van der Waals surface area contributed by atoms with Gasteiger partial charge in [-0.25, -0.2) is 4.79 Å². The van der Waals surface area contributed by atoms with E-state index in [1.54, 1.807) is 24.1 Å². The van der Waals surface area contributed by atoms with Gasteiger partial charge in [-0.05, 0) is 6.42 Å². The summed E-state index contributed by atoms with van der Waals surface area (Å²) in [5, 5.41) is 15.4. The molecule has 0 aliphatic heterocycles. The summed E-state index contributed by atoms with van der Waals surface area (Å²) < 4.78 is 1.64. The standard InChI is InChI=1S/C11H18N4O3/c1-3-4-15(8-10(16)17)11(18)12-5-9-6-13-14(2)7-9/h6-7H,3-5,8H2,1-2H3,(H,12,18)(H,16,17). The lowest BCUT2D eigenvalue weighted by Gasteiger charge is -2.20. The molecule has 0 fully saturated rings. The smallest absolute Gasteiger partial charge is 0.323 e. The van der Waals surface area contributed by atoms with Crippen molar-refractivity contribution in [2.24, 2.45) is 7.05 Å². The van der Waals surface area contributed by atoms with Crippen LogP contribution < -0.4 is 5.32 Å². The van der Waals surface area contributed by atoms with Crippen molar-refractivity contribution < 1.29 is 14.7 Å². The van der Waals surface area contributed by atoms with Crippen molar-refractivity contribution in [2.75, 3.05) is 13.1 Å². The Morgan fingerprint density at radius 1 is 1.56 bits per heavy atom. The molecule has 1 aromatic rings. The molecule has 0 bridgehead atoms. The van der Waals surface area contributed by atoms with Gasteiger partial charge in [0.05, 0.1) is 6.20 Å². The zero-order valence-corrected chi connectivity index (χ0v) is 10.6. The van der Waals surface area contributed by atoms with Crippen LogP contribution in [0.2, 0.25) is 0 Å². The van der Waals surface area contributed by atoms with Gasteiger partial charge >= 0.3 is 12.0 Å². The second kappa shape index (κ2) is 6.63. The summed E-state index contributed by atoms with van der Waals surface area (Å²) in [6.07, 6.45) is 4.16. The molecular formula is C11H18N4O3. The highest BCUT2D eigenvalue weighted by molar-refractivity contribution is 5.80. The molecule has 1 heterocycles. The van der Waals surface area contributed by atoms with Gasteiger partial charge in [-0.3, -0.25) is 9.48 Å². The Morgan fingerprint density at radius 2 is 2.28 bits per heavy atom. The molecule has 0 aromatic carbocycles. The van der Waals surface area contributed by atoms with E-state index in [9.17, 15) is 9.59 Å². The number of hydrogen-bond donors (Lipinski definition) is 2. The average molecular weight is 254 g/mol. The van der Waals surface area contributed by atoms with E-state index < -0.39 is 5.97 Å². The molecule has 0 saturated carbocycles. The van der Waals surface area contributed by atoms with Gasteiger partial charge in [0.1, 0.15) is 6.54 Å². The molecule has 2 amide bonds. The van der Waals surface area contributed by atoms with E-state index in [-0.39, 0.29) is 12.6 Å². The topological polar surface area (TPSA) is 87.5 Å². The summed E-state index contributed by atoms with van der Waals surface area (Å²) in [4.78, 5) is 23.7. The number of nitrogens with one attached hydrogen (secondary N) is 1. The van der Waals surface area contributed by atoms with Crippen LogP contribution in [0.5, 0.6) is 0 Å². The van der Waals surface area contributed by atoms with E-state index in [2.05, 4.69) is 10.4 Å². The van der Waals surface area contributed by atoms with Crippen molar-refractivity contribution in [3.63, 3.8) is 0 Å². The van der Waals surface area contributed by atoms with Crippen molar-refractivity contribution in [2.45, 2.75) is 19.9 Å². The van der Waals surface area contributed by atoms with Crippen LogP contribution >= 0.6 is 0 Å². The van der Waals surface area contributed by atoms with Gasteiger partial charge in [0, 0.05) is 31.9 Å². The molecule has 100 valence electrons. The number of urea groups is 1. The van der Waals surface area contributed by atoms with E-state index in [1.165, 1.54) is 4.90 Å². The number of carboxylic acids is 1. The van der Waals surface area contributed by atoms with Gasteiger partial charge in [0.25, 0.3) is 0 Å². The predicted molar refractivity (Wildman–Crippen MR) is 64.9 cm³/mol. The van der Waals surface area contributed by atoms with Crippen LogP contribution in [0.3, 0.4) is 0 Å². The Bertz CT molecular complexity index is 416. The lowest BCUT2D eigenvalue weighted by atomic mass is 10.3. The Hall–Kier alpha value is -2.05. The third-order valence-corrected chi connectivity index (χ3v) is 2.31. The molecule has 0 aliphatic carbocycles. The summed E-state index contributed by atoms with van der Waals surface area (Å²) in [5.74, 6) is -1.01. The summed E-state index contributed by atoms with van der Waals surface area (Å²) in [5.41, 5.74) is 0.873. The van der Waals surface area contributed by atoms with Gasteiger partial charge in [0.2, 0.25) is 0 Å². The first kappa shape index (κ1) is 14.0. The number of nitrogens with zero attached hydrogens (tertiary/aromatic N) is 3. The SMILES string of the molecule is CCCN(CC(=O)O)C(=O)NCc1cnn(C)c1. The molecule has 18 heavy (non-hydrogen) atoms. The molecule has 0 spiro atoms. The monoisotopic (exact) mass is 254 g/mol. The Kier molecular flexibility index (Phi) is 5.16. The van der Waals surface area contributed by atoms with Crippen molar-refractivity contribution >= 4 is 12.0 Å². The highest BCUT2D eigenvalue weighted by Crippen LogP contribution is 1.97. The number of aromatic nitrogens is 2. The number of aliphatic carboxylic acids is 1. The van der Waals surface area contributed by atoms with Crippen LogP contribution in [0.15, 0.2) is 12.4 Å². The van der Waals surface area contributed by atoms with Crippen LogP contribution in [0.4, 0.5) is 4.79 Å². The maximum atomic E-state index is 11.8. The fourth-order valence-electron chi connectivity index (χ4n) is 1.54. The lowest BCUT2D eigenvalue weighted by molar-refractivity contribution is -0.137. The minimum Gasteiger partial charge on any atom is -0.480 e. The summed E-state index contributed by atoms with van der Waals surface area (Å²) in [6.45, 7) is 2.37. The number of rotatable bonds is 6. The molecule has 0 atom stereocenters. The summed E-state index contributed by atoms with van der Waals surface area (Å²) in [7, 11) is 1.79. The minimum atomic E-state index is -1.01. The van der Waals surface area contributed by atoms with Crippen molar-refractivity contribution in [1.29, 1.82) is 0 Å². The number of amides is 2. The highest BCUT2D eigenvalue weighted by atomic mass is 16.4. The molecular weight excluding hydrogens is 236 g/mol. The van der Waals surface area contributed by atoms with E-state index in [1.807, 2.05) is 6.92 Å². The molecule has 0 aliphatic rings. The van der Waals surface area contributed by atoms with E-state index >= 15 is 0 Å². The maximum absolute atomic E-state index is 11.8. The summed E-state index contributed by atoms with van der Waals surface area (Å²) >= 11 is 0. The first-order chi connectivity index (χ1) is 8.52. The highest BCUT2D eigenvalue weighted by Gasteiger charge is 2.15. The van der Waals surface area contributed by atoms with Crippen LogP contribution in [0, 0.1) is 0 Å². The molecule has 2 N–H and O–H groups in total. The molecule has 7 heteroatoms. The van der Waals surface area contributed by atoms with E-state index in [4.69, 9.17) is 5.11 Å². The minimum absolute atomic E-state index is 0.285. The lowest BCUT2D eigenvalue weighted by Crippen LogP contribution is -2.42. The van der Waals surface area contributed by atoms with E-state index in [0.29, 0.717) is 19.5 Å². The summed E-state index contributed by atoms with van der Waals surface area (Å²) in [6, 6.07) is -0.372. The van der Waals surface area contributed by atoms with Gasteiger partial charge in [-0.15, -0.1) is 0 Å². The molecule has 0 unspecified atom stereocenters. The molecule has 7 nitrogen and oxygen atoms in total. The van der Waals surface area contributed by atoms with Crippen molar-refractivity contribution in [1.82, 2.24) is 20.0 Å². The molecule has 1 aromatic heterocycles. The van der Waals surface area contributed by atoms with Crippen LogP contribution in [0.25, 0.3) is 0 Å². The van der Waals surface area contributed by atoms with Crippen LogP contribution in [-0.4, -0.2) is 44.9 Å². The second-order valence-electron chi connectivity index (χ2n) is 4.00. The average Bonchev–Trinajstić information content (AvgIpc) is 2.71. The number of carboxylic acid groups (broad SMARTS) is 1. The van der Waals surface area contributed by atoms with E-state index in [0.717, 1.165) is 5.56 Å². The van der Waals surface area contributed by atoms with Crippen LogP contribution in [-0.2, 0) is 18.4 Å². The Morgan fingerprint density at radius 3 is 2.78 bits per heavy atom. The van der Waals surface area contributed by atoms with Gasteiger partial charge in [0.15, 0.2) is 0 Å². The fourth-order valence-corrected chi connectivity index (χ4v) is 1.54. The van der Waals surface area contributed by atoms with Gasteiger partial charge in [-0.1, -0.05) is 6.92 Å². The quantitative estimate of drug-likeness (QED) is 0.770. The second-order valence-corrected chi connectivity index (χ2v) is 4.00. The molecule has 0 radical (unpaired) electrons. The van der Waals surface area contributed by atoms with Gasteiger partial charge < -0.3 is 15.3 Å².